The lowest BCUT2D eigenvalue weighted by Gasteiger charge is -2.20. The Morgan fingerprint density at radius 3 is 2.38 bits per heavy atom. The lowest BCUT2D eigenvalue weighted by atomic mass is 10.0. The van der Waals surface area contributed by atoms with Crippen LogP contribution in [-0.2, 0) is 38.7 Å². The first kappa shape index (κ1) is 29.6. The number of hydrogen-bond acceptors (Lipinski definition) is 6. The van der Waals surface area contributed by atoms with E-state index >= 15 is 0 Å². The molecule has 2 aromatic carbocycles. The molecule has 0 aliphatic carbocycles. The maximum atomic E-state index is 13.0. The van der Waals surface area contributed by atoms with Gasteiger partial charge in [-0.1, -0.05) is 54.1 Å². The Bertz CT molecular complexity index is 1270. The number of nitrogens with one attached hydrogen (secondary N) is 2. The minimum atomic E-state index is -4.84. The highest BCUT2D eigenvalue weighted by Crippen LogP contribution is 2.23. The Balaban J connectivity index is 1.62. The Morgan fingerprint density at radius 2 is 1.72 bits per heavy atom. The second kappa shape index (κ2) is 13.7. The standard InChI is InChI=1S/C27H25ClF3N3O5/c1-17(38-16-19-8-5-9-22(12-19)39-27(29,30)31)25(36)34-23(13-18-6-3-2-4-7-18)24(35)26(37)33-15-21-11-10-20(28)14-32-21/h2-12,14,17,23H,13,15-16H2,1H3,(H,33,37)(H,34,36)/t17-,23-/m1/s1. The number of aromatic nitrogens is 1. The number of ether oxygens (including phenoxy) is 2. The third-order valence-electron chi connectivity index (χ3n) is 5.36. The molecule has 2 N–H and O–H groups in total. The fourth-order valence-electron chi connectivity index (χ4n) is 3.40. The van der Waals surface area contributed by atoms with Crippen molar-refractivity contribution in [1.29, 1.82) is 0 Å². The molecule has 39 heavy (non-hydrogen) atoms. The van der Waals surface area contributed by atoms with Crippen LogP contribution in [0.4, 0.5) is 13.2 Å². The van der Waals surface area contributed by atoms with Gasteiger partial charge in [0.25, 0.3) is 5.91 Å². The summed E-state index contributed by atoms with van der Waals surface area (Å²) in [5, 5.41) is 5.46. The SMILES string of the molecule is C[C@@H](OCc1cccc(OC(F)(F)F)c1)C(=O)N[C@H](Cc1ccccc1)C(=O)C(=O)NCc1ccc(Cl)cn1. The number of halogens is 4. The van der Waals surface area contributed by atoms with Crippen LogP contribution in [0.25, 0.3) is 0 Å². The molecule has 2 atom stereocenters. The topological polar surface area (TPSA) is 107 Å². The van der Waals surface area contributed by atoms with Crippen LogP contribution in [0, 0.1) is 0 Å². The average Bonchev–Trinajstić information content (AvgIpc) is 2.90. The second-order valence-electron chi connectivity index (χ2n) is 8.41. The zero-order valence-corrected chi connectivity index (χ0v) is 21.5. The van der Waals surface area contributed by atoms with E-state index in [9.17, 15) is 27.6 Å². The van der Waals surface area contributed by atoms with Crippen molar-refractivity contribution in [3.8, 4) is 5.75 Å². The molecule has 12 heteroatoms. The summed E-state index contributed by atoms with van der Waals surface area (Å²) in [5.41, 5.74) is 1.53. The van der Waals surface area contributed by atoms with Crippen LogP contribution in [0.1, 0.15) is 23.7 Å². The number of amides is 2. The molecule has 2 amide bonds. The Hall–Kier alpha value is -3.96. The summed E-state index contributed by atoms with van der Waals surface area (Å²) < 4.78 is 46.8. The van der Waals surface area contributed by atoms with Gasteiger partial charge in [0.15, 0.2) is 0 Å². The van der Waals surface area contributed by atoms with Crippen molar-refractivity contribution in [2.45, 2.75) is 45.0 Å². The van der Waals surface area contributed by atoms with E-state index in [2.05, 4.69) is 20.4 Å². The predicted molar refractivity (Wildman–Crippen MR) is 136 cm³/mol. The van der Waals surface area contributed by atoms with Crippen LogP contribution < -0.4 is 15.4 Å². The number of Topliss-reactive ketones (excluding diaryl/α,β-unsaturated/α-hetero) is 1. The molecule has 0 spiro atoms. The van der Waals surface area contributed by atoms with Crippen LogP contribution in [-0.4, -0.2) is 41.1 Å². The molecule has 3 rings (SSSR count). The number of rotatable bonds is 12. The fourth-order valence-corrected chi connectivity index (χ4v) is 3.52. The first-order chi connectivity index (χ1) is 18.5. The highest BCUT2D eigenvalue weighted by Gasteiger charge is 2.31. The molecule has 0 saturated carbocycles. The van der Waals surface area contributed by atoms with Gasteiger partial charge in [-0.2, -0.15) is 0 Å². The van der Waals surface area contributed by atoms with Crippen LogP contribution >= 0.6 is 11.6 Å². The molecule has 0 aliphatic heterocycles. The third kappa shape index (κ3) is 10.0. The van der Waals surface area contributed by atoms with E-state index in [1.54, 1.807) is 42.5 Å². The monoisotopic (exact) mass is 563 g/mol. The molecular formula is C27H25ClF3N3O5. The van der Waals surface area contributed by atoms with Crippen LogP contribution in [0.5, 0.6) is 5.75 Å². The molecule has 1 heterocycles. The molecule has 0 saturated heterocycles. The first-order valence-electron chi connectivity index (χ1n) is 11.7. The van der Waals surface area contributed by atoms with Gasteiger partial charge in [-0.25, -0.2) is 0 Å². The summed E-state index contributed by atoms with van der Waals surface area (Å²) in [4.78, 5) is 42.5. The van der Waals surface area contributed by atoms with Gasteiger partial charge in [0.2, 0.25) is 11.7 Å². The number of ketones is 1. The Morgan fingerprint density at radius 1 is 1.00 bits per heavy atom. The van der Waals surface area contributed by atoms with E-state index in [0.717, 1.165) is 12.1 Å². The maximum absolute atomic E-state index is 13.0. The number of carbonyl (C=O) groups excluding carboxylic acids is 3. The molecule has 0 radical (unpaired) electrons. The van der Waals surface area contributed by atoms with Gasteiger partial charge >= 0.3 is 6.36 Å². The summed E-state index contributed by atoms with van der Waals surface area (Å²) in [6.07, 6.45) is -4.49. The van der Waals surface area contributed by atoms with Crippen molar-refractivity contribution in [2.75, 3.05) is 0 Å². The molecule has 0 aliphatic rings. The van der Waals surface area contributed by atoms with Gasteiger partial charge in [-0.15, -0.1) is 13.2 Å². The molecule has 1 aromatic heterocycles. The van der Waals surface area contributed by atoms with E-state index < -0.39 is 41.9 Å². The molecule has 0 bridgehead atoms. The summed E-state index contributed by atoms with van der Waals surface area (Å²) in [7, 11) is 0. The number of benzene rings is 2. The second-order valence-corrected chi connectivity index (χ2v) is 8.85. The highest BCUT2D eigenvalue weighted by molar-refractivity contribution is 6.38. The van der Waals surface area contributed by atoms with Gasteiger partial charge in [-0.3, -0.25) is 19.4 Å². The molecule has 8 nitrogen and oxygen atoms in total. The van der Waals surface area contributed by atoms with Crippen LogP contribution in [0.3, 0.4) is 0 Å². The fraction of sp³-hybridized carbons (Fsp3) is 0.259. The van der Waals surface area contributed by atoms with Crippen molar-refractivity contribution in [3.63, 3.8) is 0 Å². The largest absolute Gasteiger partial charge is 0.573 e. The third-order valence-corrected chi connectivity index (χ3v) is 5.58. The zero-order chi connectivity index (χ0) is 28.4. The maximum Gasteiger partial charge on any atom is 0.573 e. The molecule has 0 unspecified atom stereocenters. The minimum Gasteiger partial charge on any atom is -0.406 e. The average molecular weight is 564 g/mol. The number of nitrogens with zero attached hydrogens (tertiary/aromatic N) is 1. The summed E-state index contributed by atoms with van der Waals surface area (Å²) >= 11 is 5.80. The van der Waals surface area contributed by atoms with E-state index in [1.807, 2.05) is 0 Å². The summed E-state index contributed by atoms with van der Waals surface area (Å²) in [6.45, 7) is 1.20. The number of pyridine rings is 1. The molecule has 0 fully saturated rings. The van der Waals surface area contributed by atoms with E-state index in [4.69, 9.17) is 16.3 Å². The van der Waals surface area contributed by atoms with Crippen LogP contribution in [0.15, 0.2) is 72.9 Å². The number of hydrogen-bond donors (Lipinski definition) is 2. The smallest absolute Gasteiger partial charge is 0.406 e. The zero-order valence-electron chi connectivity index (χ0n) is 20.7. The normalized spacial score (nSPS) is 12.7. The van der Waals surface area contributed by atoms with Crippen molar-refractivity contribution in [2.24, 2.45) is 0 Å². The molecule has 206 valence electrons. The number of alkyl halides is 3. The van der Waals surface area contributed by atoms with Gasteiger partial charge in [0, 0.05) is 12.6 Å². The van der Waals surface area contributed by atoms with E-state index in [1.165, 1.54) is 25.3 Å². The van der Waals surface area contributed by atoms with Gasteiger partial charge < -0.3 is 20.1 Å². The van der Waals surface area contributed by atoms with Crippen LogP contribution in [0.2, 0.25) is 5.02 Å². The minimum absolute atomic E-state index is 0.0234. The molecular weight excluding hydrogens is 539 g/mol. The Kier molecular flexibility index (Phi) is 10.4. The summed E-state index contributed by atoms with van der Waals surface area (Å²) in [5.74, 6) is -2.89. The van der Waals surface area contributed by atoms with Gasteiger partial charge in [0.1, 0.15) is 17.9 Å². The van der Waals surface area contributed by atoms with Crippen molar-refractivity contribution < 1.29 is 37.0 Å². The van der Waals surface area contributed by atoms with E-state index in [-0.39, 0.29) is 19.6 Å². The first-order valence-corrected chi connectivity index (χ1v) is 12.1. The molecule has 3 aromatic rings. The van der Waals surface area contributed by atoms with Gasteiger partial charge in [0.05, 0.1) is 23.9 Å². The quantitative estimate of drug-likeness (QED) is 0.321. The lowest BCUT2D eigenvalue weighted by molar-refractivity contribution is -0.274. The number of carbonyl (C=O) groups is 3. The predicted octanol–water partition coefficient (Wildman–Crippen LogP) is 4.15. The van der Waals surface area contributed by atoms with Crippen molar-refractivity contribution in [1.82, 2.24) is 15.6 Å². The van der Waals surface area contributed by atoms with Gasteiger partial charge in [-0.05, 0) is 42.3 Å². The van der Waals surface area contributed by atoms with Crippen molar-refractivity contribution >= 4 is 29.2 Å². The highest BCUT2D eigenvalue weighted by atomic mass is 35.5. The summed E-state index contributed by atoms with van der Waals surface area (Å²) in [6, 6.07) is 15.9. The van der Waals surface area contributed by atoms with E-state index in [0.29, 0.717) is 21.8 Å². The lowest BCUT2D eigenvalue weighted by Crippen LogP contribution is -2.51. The Labute approximate surface area is 227 Å². The van der Waals surface area contributed by atoms with Crippen molar-refractivity contribution in [3.05, 3.63) is 94.8 Å².